The van der Waals surface area contributed by atoms with E-state index in [1.54, 1.807) is 20.8 Å². The third-order valence-electron chi connectivity index (χ3n) is 0.605. The molecule has 0 aromatic carbocycles. The normalized spacial score (nSPS) is 13.6. The Labute approximate surface area is 66.8 Å². The minimum Gasteiger partial charge on any atom is -0.211 e. The molecule has 0 bridgehead atoms. The summed E-state index contributed by atoms with van der Waals surface area (Å²) >= 11 is 5.15. The maximum Gasteiger partial charge on any atom is 0.226 e. The van der Waals surface area contributed by atoms with Gasteiger partial charge in [0.25, 0.3) is 0 Å². The molecule has 0 rings (SSSR count). The molecule has 0 radical (unpaired) electrons. The van der Waals surface area contributed by atoms with E-state index in [0.717, 1.165) is 0 Å². The number of sulfonamides is 1. The molecule has 0 amide bonds. The van der Waals surface area contributed by atoms with E-state index in [2.05, 4.69) is 4.72 Å². The summed E-state index contributed by atoms with van der Waals surface area (Å²) < 4.78 is 23.9. The molecule has 62 valence electrons. The SMILES string of the molecule is CC(C)(C)NS(=O)(=O)CCl. The van der Waals surface area contributed by atoms with Gasteiger partial charge in [-0.2, -0.15) is 0 Å². The van der Waals surface area contributed by atoms with Gasteiger partial charge in [0.1, 0.15) is 5.21 Å². The van der Waals surface area contributed by atoms with Gasteiger partial charge in [0.2, 0.25) is 10.0 Å². The second kappa shape index (κ2) is 3.07. The average Bonchev–Trinajstić information content (AvgIpc) is 1.60. The molecular weight excluding hydrogens is 174 g/mol. The first kappa shape index (κ1) is 10.2. The van der Waals surface area contributed by atoms with E-state index in [9.17, 15) is 8.42 Å². The fourth-order valence-corrected chi connectivity index (χ4v) is 1.65. The lowest BCUT2D eigenvalue weighted by Crippen LogP contribution is -2.40. The topological polar surface area (TPSA) is 46.2 Å². The van der Waals surface area contributed by atoms with Gasteiger partial charge in [-0.05, 0) is 20.8 Å². The maximum atomic E-state index is 10.8. The Hall–Kier alpha value is 0.200. The summed E-state index contributed by atoms with van der Waals surface area (Å²) in [6, 6.07) is 0. The molecule has 3 nitrogen and oxygen atoms in total. The second-order valence-electron chi connectivity index (χ2n) is 3.08. The fourth-order valence-electron chi connectivity index (χ4n) is 0.494. The van der Waals surface area contributed by atoms with Crippen molar-refractivity contribution in [2.45, 2.75) is 26.3 Å². The van der Waals surface area contributed by atoms with E-state index < -0.39 is 15.6 Å². The van der Waals surface area contributed by atoms with E-state index in [4.69, 9.17) is 11.6 Å². The van der Waals surface area contributed by atoms with Crippen molar-refractivity contribution in [1.82, 2.24) is 4.72 Å². The first-order valence-corrected chi connectivity index (χ1v) is 5.03. The molecule has 0 aromatic heterocycles. The Kier molecular flexibility index (Phi) is 3.13. The highest BCUT2D eigenvalue weighted by Crippen LogP contribution is 2.02. The Morgan fingerprint density at radius 3 is 1.90 bits per heavy atom. The lowest BCUT2D eigenvalue weighted by molar-refractivity contribution is 0.494. The third-order valence-corrected chi connectivity index (χ3v) is 2.68. The molecule has 10 heavy (non-hydrogen) atoms. The predicted octanol–water partition coefficient (Wildman–Crippen LogP) is 0.901. The molecule has 1 N–H and O–H groups in total. The second-order valence-corrected chi connectivity index (χ2v) is 5.38. The summed E-state index contributed by atoms with van der Waals surface area (Å²) in [4.78, 5) is 0. The summed E-state index contributed by atoms with van der Waals surface area (Å²) in [5.41, 5.74) is -0.437. The van der Waals surface area contributed by atoms with Crippen LogP contribution in [0.15, 0.2) is 0 Å². The lowest BCUT2D eigenvalue weighted by Gasteiger charge is -2.18. The van der Waals surface area contributed by atoms with Crippen molar-refractivity contribution in [2.24, 2.45) is 0 Å². The first-order chi connectivity index (χ1) is 4.27. The molecule has 0 saturated heterocycles. The lowest BCUT2D eigenvalue weighted by atomic mass is 10.1. The van der Waals surface area contributed by atoms with Crippen molar-refractivity contribution in [3.8, 4) is 0 Å². The summed E-state index contributed by atoms with van der Waals surface area (Å²) in [5, 5.41) is -0.385. The van der Waals surface area contributed by atoms with Crippen LogP contribution in [0.5, 0.6) is 0 Å². The molecule has 0 saturated carbocycles. The Balaban J connectivity index is 4.18. The van der Waals surface area contributed by atoms with Crippen LogP contribution in [0.1, 0.15) is 20.8 Å². The summed E-state index contributed by atoms with van der Waals surface area (Å²) in [6.07, 6.45) is 0. The average molecular weight is 186 g/mol. The van der Waals surface area contributed by atoms with Crippen molar-refractivity contribution in [1.29, 1.82) is 0 Å². The highest BCUT2D eigenvalue weighted by atomic mass is 35.5. The molecule has 0 fully saturated rings. The van der Waals surface area contributed by atoms with Crippen LogP contribution in [0, 0.1) is 0 Å². The summed E-state index contributed by atoms with van der Waals surface area (Å²) in [7, 11) is -3.26. The predicted molar refractivity (Wildman–Crippen MR) is 42.5 cm³/mol. The standard InChI is InChI=1S/C5H12ClNO2S/c1-5(2,3)7-10(8,9)4-6/h7H,4H2,1-3H3. The van der Waals surface area contributed by atoms with Crippen LogP contribution in [-0.2, 0) is 10.0 Å². The monoisotopic (exact) mass is 185 g/mol. The van der Waals surface area contributed by atoms with Gasteiger partial charge in [0.15, 0.2) is 0 Å². The number of hydrogen-bond donors (Lipinski definition) is 1. The minimum absolute atomic E-state index is 0.385. The van der Waals surface area contributed by atoms with Crippen molar-refractivity contribution >= 4 is 21.6 Å². The molecule has 0 atom stereocenters. The van der Waals surface area contributed by atoms with Gasteiger partial charge in [-0.1, -0.05) is 0 Å². The van der Waals surface area contributed by atoms with Gasteiger partial charge in [-0.25, -0.2) is 13.1 Å². The van der Waals surface area contributed by atoms with Crippen LogP contribution in [-0.4, -0.2) is 19.2 Å². The Bertz CT molecular complexity index is 192. The van der Waals surface area contributed by atoms with Gasteiger partial charge in [0.05, 0.1) is 0 Å². The fraction of sp³-hybridized carbons (Fsp3) is 1.00. The zero-order valence-electron chi connectivity index (χ0n) is 6.31. The molecule has 5 heteroatoms. The summed E-state index contributed by atoms with van der Waals surface area (Å²) in [6.45, 7) is 5.28. The first-order valence-electron chi connectivity index (χ1n) is 2.84. The maximum absolute atomic E-state index is 10.8. The smallest absolute Gasteiger partial charge is 0.211 e. The van der Waals surface area contributed by atoms with Gasteiger partial charge < -0.3 is 0 Å². The number of hydrogen-bond acceptors (Lipinski definition) is 2. The number of nitrogens with one attached hydrogen (secondary N) is 1. The Morgan fingerprint density at radius 1 is 1.40 bits per heavy atom. The van der Waals surface area contributed by atoms with Gasteiger partial charge in [-0.3, -0.25) is 0 Å². The number of rotatable bonds is 2. The largest absolute Gasteiger partial charge is 0.226 e. The zero-order chi connectivity index (χ0) is 8.41. The van der Waals surface area contributed by atoms with Crippen molar-refractivity contribution in [3.63, 3.8) is 0 Å². The molecule has 0 aliphatic carbocycles. The highest BCUT2D eigenvalue weighted by molar-refractivity contribution is 7.90. The number of alkyl halides is 1. The van der Waals surface area contributed by atoms with Crippen molar-refractivity contribution < 1.29 is 8.42 Å². The highest BCUT2D eigenvalue weighted by Gasteiger charge is 2.17. The van der Waals surface area contributed by atoms with Gasteiger partial charge >= 0.3 is 0 Å². The summed E-state index contributed by atoms with van der Waals surface area (Å²) in [5.74, 6) is 0. The van der Waals surface area contributed by atoms with Crippen molar-refractivity contribution in [2.75, 3.05) is 5.21 Å². The molecule has 0 aliphatic rings. The molecule has 0 aromatic rings. The quantitative estimate of drug-likeness (QED) is 0.650. The molecule has 0 aliphatic heterocycles. The molecule has 0 spiro atoms. The Morgan fingerprint density at radius 2 is 1.80 bits per heavy atom. The van der Waals surface area contributed by atoms with Gasteiger partial charge in [0, 0.05) is 5.54 Å². The molecule has 0 unspecified atom stereocenters. The molecule has 0 heterocycles. The van der Waals surface area contributed by atoms with E-state index in [1.165, 1.54) is 0 Å². The van der Waals surface area contributed by atoms with E-state index in [1.807, 2.05) is 0 Å². The van der Waals surface area contributed by atoms with Crippen molar-refractivity contribution in [3.05, 3.63) is 0 Å². The molecular formula is C5H12ClNO2S. The van der Waals surface area contributed by atoms with Crippen LogP contribution in [0.2, 0.25) is 0 Å². The van der Waals surface area contributed by atoms with Gasteiger partial charge in [-0.15, -0.1) is 11.6 Å². The van der Waals surface area contributed by atoms with Crippen LogP contribution in [0.3, 0.4) is 0 Å². The minimum atomic E-state index is -3.26. The van der Waals surface area contributed by atoms with E-state index in [0.29, 0.717) is 0 Å². The number of halogens is 1. The van der Waals surface area contributed by atoms with Crippen LogP contribution in [0.25, 0.3) is 0 Å². The zero-order valence-corrected chi connectivity index (χ0v) is 7.88. The van der Waals surface area contributed by atoms with Crippen LogP contribution >= 0.6 is 11.6 Å². The van der Waals surface area contributed by atoms with E-state index in [-0.39, 0.29) is 5.21 Å². The van der Waals surface area contributed by atoms with Crippen LogP contribution in [0.4, 0.5) is 0 Å². The van der Waals surface area contributed by atoms with Crippen LogP contribution < -0.4 is 4.72 Å². The van der Waals surface area contributed by atoms with E-state index >= 15 is 0 Å². The third kappa shape index (κ3) is 5.02.